The van der Waals surface area contributed by atoms with E-state index in [0.29, 0.717) is 32.0 Å². The van der Waals surface area contributed by atoms with Gasteiger partial charge in [-0.05, 0) is 71.8 Å². The molecule has 0 spiro atoms. The lowest BCUT2D eigenvalue weighted by atomic mass is 10.1. The zero-order valence-corrected chi connectivity index (χ0v) is 28.2. The number of carbonyl (C=O) groups excluding carboxylic acids is 3. The number of rotatable bonds is 10. The van der Waals surface area contributed by atoms with Gasteiger partial charge in [-0.2, -0.15) is 0 Å². The van der Waals surface area contributed by atoms with Crippen molar-refractivity contribution in [3.8, 4) is 0 Å². The van der Waals surface area contributed by atoms with Crippen LogP contribution >= 0.6 is 46.3 Å². The first-order chi connectivity index (χ1) is 23.3. The second-order valence-corrected chi connectivity index (χ2v) is 13.5. The van der Waals surface area contributed by atoms with Crippen LogP contribution in [0, 0.1) is 0 Å². The van der Waals surface area contributed by atoms with Gasteiger partial charge < -0.3 is 16.0 Å². The Morgan fingerprint density at radius 3 is 2.25 bits per heavy atom. The van der Waals surface area contributed by atoms with Crippen LogP contribution in [-0.2, 0) is 9.59 Å². The lowest BCUT2D eigenvalue weighted by molar-refractivity contribution is -0.116. The van der Waals surface area contributed by atoms with Crippen molar-refractivity contribution in [2.24, 2.45) is 0 Å². The summed E-state index contributed by atoms with van der Waals surface area (Å²) >= 11 is 15.2. The molecule has 5 aromatic carbocycles. The van der Waals surface area contributed by atoms with Crippen molar-refractivity contribution in [2.45, 2.75) is 10.1 Å². The third kappa shape index (κ3) is 8.31. The van der Waals surface area contributed by atoms with Crippen molar-refractivity contribution in [2.75, 3.05) is 10.6 Å². The number of fused-ring (bicyclic) bond motifs is 1. The van der Waals surface area contributed by atoms with Gasteiger partial charge in [0, 0.05) is 26.2 Å². The molecule has 0 saturated carbocycles. The molecule has 0 radical (unpaired) electrons. The largest absolute Gasteiger partial charge is 0.321 e. The molecule has 0 aliphatic rings. The summed E-state index contributed by atoms with van der Waals surface area (Å²) in [6.45, 7) is 0. The van der Waals surface area contributed by atoms with E-state index in [0.717, 1.165) is 20.7 Å². The Bertz CT molecular complexity index is 2110. The van der Waals surface area contributed by atoms with Crippen molar-refractivity contribution < 1.29 is 14.4 Å². The summed E-state index contributed by atoms with van der Waals surface area (Å²) in [5, 5.41) is 9.23. The minimum atomic E-state index is -0.614. The highest BCUT2D eigenvalue weighted by Gasteiger charge is 2.24. The molecule has 7 nitrogen and oxygen atoms in total. The highest BCUT2D eigenvalue weighted by atomic mass is 35.5. The van der Waals surface area contributed by atoms with Crippen molar-refractivity contribution >= 4 is 91.1 Å². The average Bonchev–Trinajstić information content (AvgIpc) is 3.51. The second-order valence-electron chi connectivity index (χ2n) is 10.4. The second kappa shape index (κ2) is 15.3. The van der Waals surface area contributed by atoms with Crippen LogP contribution in [0.25, 0.3) is 16.3 Å². The normalized spacial score (nSPS) is 11.9. The van der Waals surface area contributed by atoms with Gasteiger partial charge in [0.25, 0.3) is 11.8 Å². The molecule has 11 heteroatoms. The first-order valence-electron chi connectivity index (χ1n) is 14.6. The molecule has 1 atom stereocenters. The number of thiazole rings is 1. The monoisotopic (exact) mass is 708 g/mol. The fourth-order valence-electron chi connectivity index (χ4n) is 4.70. The Morgan fingerprint density at radius 1 is 0.771 bits per heavy atom. The smallest absolute Gasteiger partial charge is 0.272 e. The van der Waals surface area contributed by atoms with E-state index >= 15 is 0 Å². The van der Waals surface area contributed by atoms with Crippen molar-refractivity contribution in [1.82, 2.24) is 10.3 Å². The fraction of sp³-hybridized carbons (Fsp3) is 0.0270. The summed E-state index contributed by atoms with van der Waals surface area (Å²) in [6.07, 6.45) is 1.49. The van der Waals surface area contributed by atoms with Gasteiger partial charge in [-0.3, -0.25) is 14.4 Å². The standard InChI is InChI=1S/C37H26Cl2N4O3S2/c38-26-19-18-25(29(39)21-26)20-31(41-34(44)24-12-5-2-6-13-24)35(45)40-27-14-9-15-28(22-27)47-33(23-10-3-1-4-11-23)36(46)43-37-42-30-16-7-8-17-32(30)48-37/h1-22,33H,(H,40,45)(H,41,44)(H,42,43,46)/b31-20+. The molecule has 3 N–H and O–H groups in total. The lowest BCUT2D eigenvalue weighted by Crippen LogP contribution is -2.30. The molecule has 238 valence electrons. The summed E-state index contributed by atoms with van der Waals surface area (Å²) in [7, 11) is 0. The third-order valence-electron chi connectivity index (χ3n) is 7.00. The Kier molecular flexibility index (Phi) is 10.5. The van der Waals surface area contributed by atoms with Gasteiger partial charge in [0.2, 0.25) is 5.91 Å². The molecule has 0 fully saturated rings. The van der Waals surface area contributed by atoms with Crippen LogP contribution in [0.1, 0.15) is 26.7 Å². The molecule has 0 saturated heterocycles. The number of hydrogen-bond donors (Lipinski definition) is 3. The van der Waals surface area contributed by atoms with E-state index in [4.69, 9.17) is 23.2 Å². The number of amides is 3. The molecular weight excluding hydrogens is 683 g/mol. The van der Waals surface area contributed by atoms with E-state index in [2.05, 4.69) is 20.9 Å². The number of benzene rings is 5. The molecule has 0 bridgehead atoms. The molecule has 0 aliphatic heterocycles. The van der Waals surface area contributed by atoms with Gasteiger partial charge >= 0.3 is 0 Å². The highest BCUT2D eigenvalue weighted by Crippen LogP contribution is 2.38. The highest BCUT2D eigenvalue weighted by molar-refractivity contribution is 8.00. The number of nitrogens with one attached hydrogen (secondary N) is 3. The molecule has 0 aliphatic carbocycles. The lowest BCUT2D eigenvalue weighted by Gasteiger charge is -2.17. The maximum atomic E-state index is 13.7. The summed E-state index contributed by atoms with van der Waals surface area (Å²) in [4.78, 5) is 45.7. The average molecular weight is 710 g/mol. The van der Waals surface area contributed by atoms with Crippen LogP contribution < -0.4 is 16.0 Å². The number of carbonyl (C=O) groups is 3. The van der Waals surface area contributed by atoms with Gasteiger partial charge in [0.1, 0.15) is 10.9 Å². The Morgan fingerprint density at radius 2 is 1.50 bits per heavy atom. The summed E-state index contributed by atoms with van der Waals surface area (Å²) in [5.74, 6) is -1.26. The van der Waals surface area contributed by atoms with Crippen LogP contribution in [0.15, 0.2) is 138 Å². The maximum Gasteiger partial charge on any atom is 0.272 e. The molecule has 1 heterocycles. The quantitative estimate of drug-likeness (QED) is 0.0972. The van der Waals surface area contributed by atoms with Crippen LogP contribution in [0.4, 0.5) is 10.8 Å². The Labute approximate surface area is 295 Å². The molecule has 48 heavy (non-hydrogen) atoms. The van der Waals surface area contributed by atoms with Gasteiger partial charge in [0.15, 0.2) is 5.13 Å². The van der Waals surface area contributed by atoms with E-state index in [1.54, 1.807) is 66.7 Å². The predicted octanol–water partition coefficient (Wildman–Crippen LogP) is 9.48. The fourth-order valence-corrected chi connectivity index (χ4v) is 7.11. The number of anilines is 2. The zero-order valence-electron chi connectivity index (χ0n) is 25.0. The number of hydrogen-bond acceptors (Lipinski definition) is 6. The molecular formula is C37H26Cl2N4O3S2. The van der Waals surface area contributed by atoms with Crippen LogP contribution in [0.5, 0.6) is 0 Å². The number of thioether (sulfide) groups is 1. The summed E-state index contributed by atoms with van der Waals surface area (Å²) < 4.78 is 0.979. The van der Waals surface area contributed by atoms with Gasteiger partial charge in [-0.25, -0.2) is 4.98 Å². The van der Waals surface area contributed by atoms with E-state index in [1.165, 1.54) is 29.2 Å². The SMILES string of the molecule is O=C(Nc1cccc(SC(C(=O)Nc2nc3ccccc3s2)c2ccccc2)c1)/C(=C\c1ccc(Cl)cc1Cl)NC(=O)c1ccccc1. The van der Waals surface area contributed by atoms with Crippen LogP contribution in [0.2, 0.25) is 10.0 Å². The number of para-hydroxylation sites is 1. The van der Waals surface area contributed by atoms with E-state index in [-0.39, 0.29) is 11.6 Å². The van der Waals surface area contributed by atoms with E-state index in [1.807, 2.05) is 60.7 Å². The Hall–Kier alpha value is -4.93. The minimum Gasteiger partial charge on any atom is -0.321 e. The third-order valence-corrected chi connectivity index (χ3v) is 9.76. The van der Waals surface area contributed by atoms with Gasteiger partial charge in [0.05, 0.1) is 10.2 Å². The van der Waals surface area contributed by atoms with Crippen LogP contribution in [0.3, 0.4) is 0 Å². The van der Waals surface area contributed by atoms with Gasteiger partial charge in [-0.15, -0.1) is 11.8 Å². The van der Waals surface area contributed by atoms with Crippen molar-refractivity contribution in [3.63, 3.8) is 0 Å². The summed E-state index contributed by atoms with van der Waals surface area (Å²) in [6, 6.07) is 37.7. The minimum absolute atomic E-state index is 0.0245. The molecule has 1 unspecified atom stereocenters. The number of aromatic nitrogens is 1. The zero-order chi connectivity index (χ0) is 33.5. The Balaban J connectivity index is 1.24. The molecule has 3 amide bonds. The van der Waals surface area contributed by atoms with E-state index in [9.17, 15) is 14.4 Å². The molecule has 1 aromatic heterocycles. The van der Waals surface area contributed by atoms with E-state index < -0.39 is 17.1 Å². The van der Waals surface area contributed by atoms with Gasteiger partial charge in [-0.1, -0.05) is 107 Å². The van der Waals surface area contributed by atoms with Crippen molar-refractivity contribution in [3.05, 3.63) is 160 Å². The predicted molar refractivity (Wildman–Crippen MR) is 197 cm³/mol. The molecule has 6 aromatic rings. The topological polar surface area (TPSA) is 100 Å². The summed E-state index contributed by atoms with van der Waals surface area (Å²) in [5.41, 5.74) is 2.94. The first-order valence-corrected chi connectivity index (χ1v) is 17.1. The number of halogens is 2. The maximum absolute atomic E-state index is 13.7. The molecule has 6 rings (SSSR count). The van der Waals surface area contributed by atoms with Crippen LogP contribution in [-0.4, -0.2) is 22.7 Å². The number of nitrogens with zero attached hydrogens (tertiary/aromatic N) is 1. The van der Waals surface area contributed by atoms with Crippen molar-refractivity contribution in [1.29, 1.82) is 0 Å². The first kappa shape index (κ1) is 33.0.